The Bertz CT molecular complexity index is 138. The van der Waals surface area contributed by atoms with Crippen molar-refractivity contribution in [2.45, 2.75) is 47.0 Å². The van der Waals surface area contributed by atoms with Crippen LogP contribution in [0, 0.1) is 5.41 Å². The summed E-state index contributed by atoms with van der Waals surface area (Å²) in [5.74, 6) is 0. The molecule has 0 atom stereocenters. The lowest BCUT2D eigenvalue weighted by Gasteiger charge is -2.20. The van der Waals surface area contributed by atoms with E-state index in [0.717, 1.165) is 13.1 Å². The van der Waals surface area contributed by atoms with Crippen LogP contribution in [0.15, 0.2) is 0 Å². The summed E-state index contributed by atoms with van der Waals surface area (Å²) in [5, 5.41) is 3.51. The third kappa shape index (κ3) is 11.8. The van der Waals surface area contributed by atoms with Crippen LogP contribution in [0.2, 0.25) is 0 Å². The van der Waals surface area contributed by atoms with E-state index in [1.54, 1.807) is 0 Å². The Balaban J connectivity index is 3.23. The van der Waals surface area contributed by atoms with E-state index in [2.05, 4.69) is 45.0 Å². The fourth-order valence-electron chi connectivity index (χ4n) is 1.40. The van der Waals surface area contributed by atoms with Gasteiger partial charge in [0.2, 0.25) is 0 Å². The summed E-state index contributed by atoms with van der Waals surface area (Å²) in [4.78, 5) is 2.41. The van der Waals surface area contributed by atoms with Crippen LogP contribution >= 0.6 is 0 Å². The highest BCUT2D eigenvalue weighted by Gasteiger charge is 2.08. The molecule has 0 amide bonds. The maximum absolute atomic E-state index is 3.51. The fourth-order valence-corrected chi connectivity index (χ4v) is 1.40. The lowest BCUT2D eigenvalue weighted by Crippen LogP contribution is -2.31. The smallest absolute Gasteiger partial charge is 0.0104 e. The van der Waals surface area contributed by atoms with Gasteiger partial charge in [0.1, 0.15) is 0 Å². The monoisotopic (exact) mass is 214 g/mol. The third-order valence-corrected chi connectivity index (χ3v) is 2.62. The molecule has 0 radical (unpaired) electrons. The van der Waals surface area contributed by atoms with Crippen molar-refractivity contribution in [1.82, 2.24) is 10.2 Å². The molecule has 0 aliphatic rings. The fraction of sp³-hybridized carbons (Fsp3) is 1.00. The zero-order valence-electron chi connectivity index (χ0n) is 11.4. The quantitative estimate of drug-likeness (QED) is 0.625. The van der Waals surface area contributed by atoms with Gasteiger partial charge in [-0.2, -0.15) is 0 Å². The highest BCUT2D eigenvalue weighted by Crippen LogP contribution is 2.16. The van der Waals surface area contributed by atoms with Gasteiger partial charge in [0.15, 0.2) is 0 Å². The molecule has 92 valence electrons. The molecule has 0 aromatic heterocycles. The summed E-state index contributed by atoms with van der Waals surface area (Å²) in [6.07, 6.45) is 3.87. The summed E-state index contributed by atoms with van der Waals surface area (Å²) in [6.45, 7) is 13.8. The summed E-state index contributed by atoms with van der Waals surface area (Å²) < 4.78 is 0. The molecule has 0 aromatic carbocycles. The zero-order chi connectivity index (χ0) is 11.7. The number of unbranched alkanes of at least 4 members (excludes halogenated alkanes) is 1. The summed E-state index contributed by atoms with van der Waals surface area (Å²) in [6, 6.07) is 0. The first-order valence-corrected chi connectivity index (χ1v) is 6.35. The van der Waals surface area contributed by atoms with Crippen molar-refractivity contribution in [3.8, 4) is 0 Å². The van der Waals surface area contributed by atoms with E-state index in [9.17, 15) is 0 Å². The average Bonchev–Trinajstić information content (AvgIpc) is 2.12. The molecule has 0 aliphatic carbocycles. The number of rotatable bonds is 8. The second-order valence-electron chi connectivity index (χ2n) is 5.72. The van der Waals surface area contributed by atoms with Crippen molar-refractivity contribution in [3.05, 3.63) is 0 Å². The minimum absolute atomic E-state index is 0.459. The van der Waals surface area contributed by atoms with Crippen LogP contribution < -0.4 is 5.32 Å². The molecule has 0 rings (SSSR count). The normalized spacial score (nSPS) is 12.4. The molecule has 1 N–H and O–H groups in total. The van der Waals surface area contributed by atoms with Crippen LogP contribution in [0.5, 0.6) is 0 Å². The number of hydrogen-bond donors (Lipinski definition) is 1. The van der Waals surface area contributed by atoms with Crippen LogP contribution in [-0.2, 0) is 0 Å². The summed E-state index contributed by atoms with van der Waals surface area (Å²) >= 11 is 0. The predicted molar refractivity (Wildman–Crippen MR) is 69.3 cm³/mol. The van der Waals surface area contributed by atoms with Gasteiger partial charge in [-0.15, -0.1) is 0 Å². The Labute approximate surface area is 96.4 Å². The van der Waals surface area contributed by atoms with E-state index in [-0.39, 0.29) is 0 Å². The van der Waals surface area contributed by atoms with Crippen LogP contribution in [0.4, 0.5) is 0 Å². The molecule has 0 fully saturated rings. The molecule has 0 heterocycles. The van der Waals surface area contributed by atoms with Crippen LogP contribution in [0.25, 0.3) is 0 Å². The Morgan fingerprint density at radius 1 is 1.07 bits per heavy atom. The molecule has 0 bridgehead atoms. The maximum Gasteiger partial charge on any atom is 0.0104 e. The van der Waals surface area contributed by atoms with E-state index >= 15 is 0 Å². The van der Waals surface area contributed by atoms with E-state index < -0.39 is 0 Å². The topological polar surface area (TPSA) is 15.3 Å². The van der Waals surface area contributed by atoms with Crippen molar-refractivity contribution >= 4 is 0 Å². The van der Waals surface area contributed by atoms with Gasteiger partial charge in [-0.05, 0) is 38.4 Å². The summed E-state index contributed by atoms with van der Waals surface area (Å²) in [5.41, 5.74) is 0.459. The van der Waals surface area contributed by atoms with Gasteiger partial charge in [-0.25, -0.2) is 0 Å². The zero-order valence-corrected chi connectivity index (χ0v) is 11.4. The van der Waals surface area contributed by atoms with E-state index in [0.29, 0.717) is 5.41 Å². The van der Waals surface area contributed by atoms with Crippen molar-refractivity contribution in [3.63, 3.8) is 0 Å². The van der Waals surface area contributed by atoms with E-state index in [1.807, 2.05) is 0 Å². The standard InChI is InChI=1S/C13H30N2/c1-6-7-11-15(5)12-10-14-9-8-13(2,3)4/h14H,6-12H2,1-5H3. The Hall–Kier alpha value is -0.0800. The molecule has 0 aromatic rings. The first kappa shape index (κ1) is 14.9. The first-order chi connectivity index (χ1) is 6.95. The maximum atomic E-state index is 3.51. The summed E-state index contributed by atoms with van der Waals surface area (Å²) in [7, 11) is 2.21. The van der Waals surface area contributed by atoms with Crippen LogP contribution in [-0.4, -0.2) is 38.1 Å². The average molecular weight is 214 g/mol. The molecule has 0 saturated heterocycles. The molecule has 0 aliphatic heterocycles. The van der Waals surface area contributed by atoms with Gasteiger partial charge >= 0.3 is 0 Å². The molecular formula is C13H30N2. The van der Waals surface area contributed by atoms with Gasteiger partial charge in [-0.3, -0.25) is 0 Å². The highest BCUT2D eigenvalue weighted by molar-refractivity contribution is 4.63. The van der Waals surface area contributed by atoms with Gasteiger partial charge in [-0.1, -0.05) is 34.1 Å². The second kappa shape index (κ2) is 8.12. The Kier molecular flexibility index (Phi) is 8.07. The minimum Gasteiger partial charge on any atom is -0.315 e. The van der Waals surface area contributed by atoms with Crippen LogP contribution in [0.1, 0.15) is 47.0 Å². The molecule has 2 nitrogen and oxygen atoms in total. The molecule has 15 heavy (non-hydrogen) atoms. The number of nitrogens with one attached hydrogen (secondary N) is 1. The number of hydrogen-bond acceptors (Lipinski definition) is 2. The highest BCUT2D eigenvalue weighted by atomic mass is 15.1. The SMILES string of the molecule is CCCCN(C)CCNCCC(C)(C)C. The van der Waals surface area contributed by atoms with Gasteiger partial charge in [0, 0.05) is 13.1 Å². The van der Waals surface area contributed by atoms with Crippen molar-refractivity contribution in [2.24, 2.45) is 5.41 Å². The number of nitrogens with zero attached hydrogens (tertiary/aromatic N) is 1. The second-order valence-corrected chi connectivity index (χ2v) is 5.72. The predicted octanol–water partition coefficient (Wildman–Crippen LogP) is 2.74. The Morgan fingerprint density at radius 3 is 2.27 bits per heavy atom. The van der Waals surface area contributed by atoms with Gasteiger partial charge in [0.05, 0.1) is 0 Å². The minimum atomic E-state index is 0.459. The first-order valence-electron chi connectivity index (χ1n) is 6.35. The largest absolute Gasteiger partial charge is 0.315 e. The van der Waals surface area contributed by atoms with Crippen molar-refractivity contribution in [1.29, 1.82) is 0 Å². The van der Waals surface area contributed by atoms with Gasteiger partial charge in [0.25, 0.3) is 0 Å². The van der Waals surface area contributed by atoms with Crippen molar-refractivity contribution in [2.75, 3.05) is 33.2 Å². The van der Waals surface area contributed by atoms with Crippen molar-refractivity contribution < 1.29 is 0 Å². The molecular weight excluding hydrogens is 184 g/mol. The number of likely N-dealkylation sites (N-methyl/N-ethyl adjacent to an activating group) is 1. The molecule has 0 unspecified atom stereocenters. The molecule has 2 heteroatoms. The lowest BCUT2D eigenvalue weighted by atomic mass is 9.92. The Morgan fingerprint density at radius 2 is 1.73 bits per heavy atom. The van der Waals surface area contributed by atoms with Gasteiger partial charge < -0.3 is 10.2 Å². The lowest BCUT2D eigenvalue weighted by molar-refractivity contribution is 0.316. The molecule has 0 spiro atoms. The third-order valence-electron chi connectivity index (χ3n) is 2.62. The van der Waals surface area contributed by atoms with Crippen LogP contribution in [0.3, 0.4) is 0 Å². The van der Waals surface area contributed by atoms with E-state index in [1.165, 1.54) is 32.4 Å². The van der Waals surface area contributed by atoms with E-state index in [4.69, 9.17) is 0 Å². The molecule has 0 saturated carbocycles.